The molecule has 1 aromatic rings. The minimum atomic E-state index is -2.08. The Morgan fingerprint density at radius 2 is 1.23 bits per heavy atom. The van der Waals surface area contributed by atoms with Crippen molar-refractivity contribution >= 4 is 24.5 Å². The molecular weight excluding hydrogens is 371 g/mol. The second-order valence-corrected chi connectivity index (χ2v) is 19.9. The van der Waals surface area contributed by atoms with Gasteiger partial charge in [-0.1, -0.05) is 0 Å². The Morgan fingerprint density at radius 1 is 0.773 bits per heavy atom. The quantitative estimate of drug-likeness (QED) is 0.336. The molecule has 0 saturated carbocycles. The third-order valence-corrected chi connectivity index (χ3v) is 18.8. The zero-order valence-electron chi connectivity index (χ0n) is 15.3. The van der Waals surface area contributed by atoms with Gasteiger partial charge in [-0.25, -0.2) is 0 Å². The van der Waals surface area contributed by atoms with Crippen LogP contribution in [0.1, 0.15) is 70.4 Å². The Kier molecular flexibility index (Phi) is 10.2. The molecule has 22 heavy (non-hydrogen) atoms. The van der Waals surface area contributed by atoms with Gasteiger partial charge in [0.15, 0.2) is 0 Å². The molecule has 0 aliphatic carbocycles. The minimum absolute atomic E-state index is 1.36. The van der Waals surface area contributed by atoms with E-state index in [4.69, 9.17) is 0 Å². The molecule has 0 spiro atoms. The normalized spacial score (nSPS) is 12.2. The van der Waals surface area contributed by atoms with Crippen LogP contribution in [0.15, 0.2) is 28.4 Å². The van der Waals surface area contributed by atoms with Crippen molar-refractivity contribution in [3.63, 3.8) is 0 Å². The van der Waals surface area contributed by atoms with Crippen LogP contribution in [0, 0.1) is 6.92 Å². The first-order valence-corrected chi connectivity index (χ1v) is 17.1. The van der Waals surface area contributed by atoms with Crippen LogP contribution < -0.4 is 0 Å². The summed E-state index contributed by atoms with van der Waals surface area (Å²) in [6.45, 7) is 9.21. The van der Waals surface area contributed by atoms with Gasteiger partial charge < -0.3 is 0 Å². The van der Waals surface area contributed by atoms with Crippen LogP contribution in [0.5, 0.6) is 0 Å². The van der Waals surface area contributed by atoms with Gasteiger partial charge in [0.25, 0.3) is 0 Å². The van der Waals surface area contributed by atoms with Gasteiger partial charge in [0.05, 0.1) is 0 Å². The van der Waals surface area contributed by atoms with Crippen molar-refractivity contribution in [3.05, 3.63) is 39.5 Å². The Balaban J connectivity index is 2.90. The van der Waals surface area contributed by atoms with Crippen LogP contribution >= 0.6 is 0 Å². The van der Waals surface area contributed by atoms with Crippen LogP contribution in [0.25, 0.3) is 6.08 Å². The molecule has 0 unspecified atom stereocenters. The predicted octanol–water partition coefficient (Wildman–Crippen LogP) is 7.40. The summed E-state index contributed by atoms with van der Waals surface area (Å²) in [7, 11) is 0. The third-order valence-electron chi connectivity index (χ3n) is 4.79. The van der Waals surface area contributed by atoms with E-state index >= 15 is 0 Å². The first kappa shape index (κ1) is 19.8. The van der Waals surface area contributed by atoms with Crippen LogP contribution in [0.2, 0.25) is 13.3 Å². The monoisotopic (exact) mass is 408 g/mol. The van der Waals surface area contributed by atoms with Crippen molar-refractivity contribution < 1.29 is 0 Å². The summed E-state index contributed by atoms with van der Waals surface area (Å²) >= 11 is -2.08. The van der Waals surface area contributed by atoms with Gasteiger partial charge in [-0.3, -0.25) is 0 Å². The predicted molar refractivity (Wildman–Crippen MR) is 105 cm³/mol. The molecule has 0 heterocycles. The van der Waals surface area contributed by atoms with E-state index in [1.807, 2.05) is 0 Å². The van der Waals surface area contributed by atoms with E-state index in [2.05, 4.69) is 62.1 Å². The molecule has 0 fully saturated rings. The average molecular weight is 407 g/mol. The molecule has 1 rings (SSSR count). The van der Waals surface area contributed by atoms with Crippen LogP contribution in [-0.2, 0) is 0 Å². The molecule has 0 saturated heterocycles. The molecular formula is C21H36Sn. The zero-order valence-corrected chi connectivity index (χ0v) is 18.2. The van der Waals surface area contributed by atoms with E-state index in [1.54, 1.807) is 13.3 Å². The van der Waals surface area contributed by atoms with E-state index in [-0.39, 0.29) is 0 Å². The fourth-order valence-electron chi connectivity index (χ4n) is 3.16. The van der Waals surface area contributed by atoms with Gasteiger partial charge in [-0.2, -0.15) is 0 Å². The van der Waals surface area contributed by atoms with Crippen molar-refractivity contribution in [3.8, 4) is 0 Å². The molecule has 1 heteroatoms. The number of aryl methyl sites for hydroxylation is 1. The van der Waals surface area contributed by atoms with E-state index in [0.717, 1.165) is 0 Å². The molecule has 0 amide bonds. The maximum absolute atomic E-state index is 2.76. The summed E-state index contributed by atoms with van der Waals surface area (Å²) in [5.74, 6) is 0. The number of hydrogen-bond acceptors (Lipinski definition) is 0. The molecule has 0 aliphatic heterocycles. The summed E-state index contributed by atoms with van der Waals surface area (Å²) in [6.07, 6.45) is 10.9. The Bertz CT molecular complexity index is 394. The van der Waals surface area contributed by atoms with Crippen LogP contribution in [-0.4, -0.2) is 18.4 Å². The zero-order chi connectivity index (χ0) is 16.3. The van der Waals surface area contributed by atoms with Crippen molar-refractivity contribution in [2.75, 3.05) is 0 Å². The fraction of sp³-hybridized carbons (Fsp3) is 0.619. The summed E-state index contributed by atoms with van der Waals surface area (Å²) in [4.78, 5) is 0. The number of hydrogen-bond donors (Lipinski definition) is 0. The van der Waals surface area contributed by atoms with Gasteiger partial charge in [0.1, 0.15) is 0 Å². The van der Waals surface area contributed by atoms with Gasteiger partial charge in [-0.15, -0.1) is 0 Å². The second kappa shape index (κ2) is 11.3. The Labute approximate surface area is 143 Å². The second-order valence-electron chi connectivity index (χ2n) is 6.92. The van der Waals surface area contributed by atoms with E-state index in [1.165, 1.54) is 49.7 Å². The number of unbranched alkanes of at least 4 members (excludes halogenated alkanes) is 3. The first-order chi connectivity index (χ1) is 10.7. The molecule has 0 nitrogen and oxygen atoms in total. The molecule has 0 aliphatic rings. The molecule has 0 atom stereocenters. The summed E-state index contributed by atoms with van der Waals surface area (Å²) < 4.78 is 7.45. The summed E-state index contributed by atoms with van der Waals surface area (Å²) in [6, 6.07) is 9.03. The summed E-state index contributed by atoms with van der Waals surface area (Å²) in [5.41, 5.74) is 2.76. The van der Waals surface area contributed by atoms with E-state index < -0.39 is 18.4 Å². The molecule has 0 bridgehead atoms. The van der Waals surface area contributed by atoms with Crippen molar-refractivity contribution in [1.82, 2.24) is 0 Å². The molecule has 0 radical (unpaired) electrons. The van der Waals surface area contributed by atoms with Crippen molar-refractivity contribution in [1.29, 1.82) is 0 Å². The maximum atomic E-state index is 2.76. The van der Waals surface area contributed by atoms with Gasteiger partial charge in [0.2, 0.25) is 0 Å². The van der Waals surface area contributed by atoms with E-state index in [9.17, 15) is 0 Å². The first-order valence-electron chi connectivity index (χ1n) is 9.41. The van der Waals surface area contributed by atoms with Crippen molar-refractivity contribution in [2.45, 2.75) is 79.5 Å². The average Bonchev–Trinajstić information content (AvgIpc) is 2.55. The number of rotatable bonds is 11. The van der Waals surface area contributed by atoms with Crippen LogP contribution in [0.3, 0.4) is 0 Å². The molecule has 124 valence electrons. The topological polar surface area (TPSA) is 0 Å². The SMILES string of the molecule is CCC[CH2][Sn](/[CH]=C\c1ccc(C)cc1)([CH2]CCC)[CH2]CCC. The third kappa shape index (κ3) is 7.35. The molecule has 1 aromatic carbocycles. The van der Waals surface area contributed by atoms with E-state index in [0.29, 0.717) is 0 Å². The van der Waals surface area contributed by atoms with Crippen LogP contribution in [0.4, 0.5) is 0 Å². The van der Waals surface area contributed by atoms with Gasteiger partial charge in [-0.05, 0) is 0 Å². The van der Waals surface area contributed by atoms with Gasteiger partial charge in [0, 0.05) is 0 Å². The molecule has 0 N–H and O–H groups in total. The number of benzene rings is 1. The molecule has 0 aromatic heterocycles. The van der Waals surface area contributed by atoms with Crippen molar-refractivity contribution in [2.24, 2.45) is 0 Å². The fourth-order valence-corrected chi connectivity index (χ4v) is 17.3. The van der Waals surface area contributed by atoms with Gasteiger partial charge >= 0.3 is 143 Å². The Morgan fingerprint density at radius 3 is 1.64 bits per heavy atom. The standard InChI is InChI=1S/C9H9.3C4H9.Sn/c1-3-9-6-4-8(2)5-7-9;3*1-3-4-2;/h1,3-7H,2H3;3*1,3-4H2,2H3;. The summed E-state index contributed by atoms with van der Waals surface area (Å²) in [5, 5.41) is 0. The Hall–Kier alpha value is -0.241.